The van der Waals surface area contributed by atoms with Crippen LogP contribution in [0, 0.1) is 10.1 Å². The summed E-state index contributed by atoms with van der Waals surface area (Å²) in [5.41, 5.74) is -1.57. The number of hydrogen-bond donors (Lipinski definition) is 2. The van der Waals surface area contributed by atoms with Gasteiger partial charge in [-0.3, -0.25) is 14.9 Å². The zero-order chi connectivity index (χ0) is 11.6. The summed E-state index contributed by atoms with van der Waals surface area (Å²) in [5.74, 6) is 0.290. The van der Waals surface area contributed by atoms with Crippen LogP contribution < -0.4 is 5.56 Å². The largest absolute Gasteiger partial charge is 0.370 e. The van der Waals surface area contributed by atoms with Crippen LogP contribution in [-0.4, -0.2) is 20.1 Å². The Balaban J connectivity index is 3.20. The van der Waals surface area contributed by atoms with Gasteiger partial charge in [-0.1, -0.05) is 18.5 Å². The molecule has 0 bridgehead atoms. The number of halogens is 1. The summed E-state index contributed by atoms with van der Waals surface area (Å²) >= 11 is 9.62. The zero-order valence-electron chi connectivity index (χ0n) is 7.73. The topological polar surface area (TPSA) is 88.9 Å². The van der Waals surface area contributed by atoms with Crippen LogP contribution in [0.1, 0.15) is 12.7 Å². The van der Waals surface area contributed by atoms with E-state index in [1.807, 2.05) is 0 Å². The molecule has 1 aromatic heterocycles. The van der Waals surface area contributed by atoms with E-state index in [2.05, 4.69) is 22.6 Å². The Morgan fingerprint density at radius 1 is 1.73 bits per heavy atom. The van der Waals surface area contributed by atoms with Crippen molar-refractivity contribution < 1.29 is 4.92 Å². The second-order valence-corrected chi connectivity index (χ2v) is 4.20. The maximum Gasteiger partial charge on any atom is 0.370 e. The Bertz CT molecular complexity index is 446. The van der Waals surface area contributed by atoms with Gasteiger partial charge in [-0.2, -0.15) is 12.6 Å². The van der Waals surface area contributed by atoms with E-state index in [9.17, 15) is 14.9 Å². The van der Waals surface area contributed by atoms with Crippen molar-refractivity contribution in [3.05, 3.63) is 31.4 Å². The van der Waals surface area contributed by atoms with Crippen LogP contribution in [0.3, 0.4) is 0 Å². The van der Waals surface area contributed by atoms with Crippen molar-refractivity contribution in [3.63, 3.8) is 0 Å². The summed E-state index contributed by atoms with van der Waals surface area (Å²) in [6.45, 7) is 1.80. The SMILES string of the molecule is CC(S)Cc1nc(Cl)c([N+](=O)[O-])c(=O)[nH]1. The predicted molar refractivity (Wildman–Crippen MR) is 58.7 cm³/mol. The molecule has 0 aromatic carbocycles. The van der Waals surface area contributed by atoms with Crippen molar-refractivity contribution in [2.45, 2.75) is 18.6 Å². The maximum absolute atomic E-state index is 11.2. The molecular formula is C7H8ClN3O3S. The van der Waals surface area contributed by atoms with Crippen LogP contribution >= 0.6 is 24.2 Å². The number of thiol groups is 1. The minimum absolute atomic E-state index is 0.0225. The fourth-order valence-corrected chi connectivity index (χ4v) is 1.45. The number of rotatable bonds is 3. The lowest BCUT2D eigenvalue weighted by molar-refractivity contribution is -0.386. The quantitative estimate of drug-likeness (QED) is 0.365. The number of H-pyrrole nitrogens is 1. The first-order valence-electron chi connectivity index (χ1n) is 4.03. The van der Waals surface area contributed by atoms with Crippen molar-refractivity contribution in [1.29, 1.82) is 0 Å². The third kappa shape index (κ3) is 2.93. The summed E-state index contributed by atoms with van der Waals surface area (Å²) in [6, 6.07) is 0. The molecule has 8 heteroatoms. The molecule has 1 atom stereocenters. The number of nitrogens with one attached hydrogen (secondary N) is 1. The van der Waals surface area contributed by atoms with Gasteiger partial charge in [0.1, 0.15) is 5.82 Å². The summed E-state index contributed by atoms with van der Waals surface area (Å²) in [4.78, 5) is 26.8. The fourth-order valence-electron chi connectivity index (χ4n) is 1.02. The van der Waals surface area contributed by atoms with Crippen LogP contribution in [0.15, 0.2) is 4.79 Å². The summed E-state index contributed by atoms with van der Waals surface area (Å²) in [5, 5.41) is 10.0. The van der Waals surface area contributed by atoms with Crippen LogP contribution in [0.4, 0.5) is 5.69 Å². The third-order valence-electron chi connectivity index (χ3n) is 1.57. The highest BCUT2D eigenvalue weighted by molar-refractivity contribution is 7.80. The molecule has 1 aromatic rings. The average Bonchev–Trinajstić information content (AvgIpc) is 1.99. The lowest BCUT2D eigenvalue weighted by Gasteiger charge is -2.03. The second kappa shape index (κ2) is 4.63. The predicted octanol–water partition coefficient (Wildman–Crippen LogP) is 1.19. The van der Waals surface area contributed by atoms with Gasteiger partial charge in [-0.15, -0.1) is 0 Å². The highest BCUT2D eigenvalue weighted by Gasteiger charge is 2.20. The van der Waals surface area contributed by atoms with Crippen molar-refractivity contribution >= 4 is 29.9 Å². The molecule has 15 heavy (non-hydrogen) atoms. The Kier molecular flexibility index (Phi) is 3.70. The van der Waals surface area contributed by atoms with Crippen LogP contribution in [-0.2, 0) is 6.42 Å². The molecule has 0 spiro atoms. The van der Waals surface area contributed by atoms with Gasteiger partial charge in [-0.25, -0.2) is 4.98 Å². The second-order valence-electron chi connectivity index (χ2n) is 2.96. The van der Waals surface area contributed by atoms with Gasteiger partial charge in [0.15, 0.2) is 0 Å². The normalized spacial score (nSPS) is 12.5. The first kappa shape index (κ1) is 12.0. The maximum atomic E-state index is 11.2. The van der Waals surface area contributed by atoms with E-state index in [1.165, 1.54) is 0 Å². The molecule has 0 aliphatic rings. The Hall–Kier alpha value is -1.08. The molecular weight excluding hydrogens is 242 g/mol. The smallest absolute Gasteiger partial charge is 0.304 e. The average molecular weight is 250 g/mol. The van der Waals surface area contributed by atoms with Gasteiger partial charge < -0.3 is 4.98 Å². The van der Waals surface area contributed by atoms with E-state index >= 15 is 0 Å². The van der Waals surface area contributed by atoms with Gasteiger partial charge in [0.2, 0.25) is 5.15 Å². The molecule has 0 amide bonds. The van der Waals surface area contributed by atoms with Gasteiger partial charge in [0, 0.05) is 11.7 Å². The molecule has 0 saturated heterocycles. The van der Waals surface area contributed by atoms with E-state index in [0.29, 0.717) is 6.42 Å². The Morgan fingerprint density at radius 2 is 2.33 bits per heavy atom. The molecule has 1 rings (SSSR count). The highest BCUT2D eigenvalue weighted by atomic mass is 35.5. The summed E-state index contributed by atoms with van der Waals surface area (Å²) in [7, 11) is 0. The van der Waals surface area contributed by atoms with Gasteiger partial charge >= 0.3 is 11.2 Å². The molecule has 0 radical (unpaired) electrons. The highest BCUT2D eigenvalue weighted by Crippen LogP contribution is 2.16. The number of nitro groups is 1. The molecule has 0 aliphatic carbocycles. The third-order valence-corrected chi connectivity index (χ3v) is 2.02. The summed E-state index contributed by atoms with van der Waals surface area (Å²) < 4.78 is 0. The Labute approximate surface area is 95.2 Å². The lowest BCUT2D eigenvalue weighted by atomic mass is 10.3. The number of nitrogens with zero attached hydrogens (tertiary/aromatic N) is 2. The molecule has 1 heterocycles. The van der Waals surface area contributed by atoms with Gasteiger partial charge in [-0.05, 0) is 0 Å². The van der Waals surface area contributed by atoms with Crippen LogP contribution in [0.25, 0.3) is 0 Å². The Morgan fingerprint density at radius 3 is 2.73 bits per heavy atom. The van der Waals surface area contributed by atoms with E-state index in [-0.39, 0.29) is 11.1 Å². The zero-order valence-corrected chi connectivity index (χ0v) is 9.38. The first-order valence-corrected chi connectivity index (χ1v) is 4.92. The van der Waals surface area contributed by atoms with Crippen molar-refractivity contribution in [2.24, 2.45) is 0 Å². The van der Waals surface area contributed by atoms with E-state index in [0.717, 1.165) is 0 Å². The molecule has 0 fully saturated rings. The standard InChI is InChI=1S/C7H8ClN3O3S/c1-3(15)2-4-9-6(8)5(11(13)14)7(12)10-4/h3,15H,2H2,1H3,(H,9,10,12). The van der Waals surface area contributed by atoms with E-state index < -0.39 is 21.3 Å². The molecule has 1 unspecified atom stereocenters. The van der Waals surface area contributed by atoms with Crippen LogP contribution in [0.5, 0.6) is 0 Å². The molecule has 6 nitrogen and oxygen atoms in total. The number of hydrogen-bond acceptors (Lipinski definition) is 5. The number of aromatic nitrogens is 2. The van der Waals surface area contributed by atoms with E-state index in [1.54, 1.807) is 6.92 Å². The minimum Gasteiger partial charge on any atom is -0.304 e. The first-order chi connectivity index (χ1) is 6.91. The van der Waals surface area contributed by atoms with Crippen molar-refractivity contribution in [1.82, 2.24) is 9.97 Å². The summed E-state index contributed by atoms with van der Waals surface area (Å²) in [6.07, 6.45) is 0.385. The minimum atomic E-state index is -0.859. The van der Waals surface area contributed by atoms with E-state index in [4.69, 9.17) is 11.6 Å². The lowest BCUT2D eigenvalue weighted by Crippen LogP contribution is -2.17. The van der Waals surface area contributed by atoms with Crippen molar-refractivity contribution in [2.75, 3.05) is 0 Å². The fraction of sp³-hybridized carbons (Fsp3) is 0.429. The molecule has 82 valence electrons. The van der Waals surface area contributed by atoms with Gasteiger partial charge in [0.25, 0.3) is 0 Å². The number of aromatic amines is 1. The van der Waals surface area contributed by atoms with Gasteiger partial charge in [0.05, 0.1) is 4.92 Å². The molecule has 0 saturated carbocycles. The van der Waals surface area contributed by atoms with Crippen LogP contribution in [0.2, 0.25) is 5.15 Å². The van der Waals surface area contributed by atoms with Crippen molar-refractivity contribution in [3.8, 4) is 0 Å². The molecule has 0 aliphatic heterocycles. The molecule has 1 N–H and O–H groups in total. The monoisotopic (exact) mass is 249 g/mol.